The Morgan fingerprint density at radius 3 is 2.94 bits per heavy atom. The first-order chi connectivity index (χ1) is 7.76. The molecule has 0 saturated carbocycles. The van der Waals surface area contributed by atoms with Crippen molar-refractivity contribution in [2.75, 3.05) is 13.7 Å². The van der Waals surface area contributed by atoms with E-state index in [4.69, 9.17) is 9.47 Å². The molecule has 0 aliphatic heterocycles. The molecule has 0 unspecified atom stereocenters. The van der Waals surface area contributed by atoms with E-state index >= 15 is 0 Å². The van der Waals surface area contributed by atoms with Crippen LogP contribution in [0.3, 0.4) is 0 Å². The number of H-pyrrole nitrogens is 1. The van der Waals surface area contributed by atoms with Crippen molar-refractivity contribution in [2.45, 2.75) is 6.92 Å². The van der Waals surface area contributed by atoms with Gasteiger partial charge in [0, 0.05) is 11.6 Å². The predicted octanol–water partition coefficient (Wildman–Crippen LogP) is 2.35. The van der Waals surface area contributed by atoms with Gasteiger partial charge in [-0.2, -0.15) is 0 Å². The van der Waals surface area contributed by atoms with E-state index in [1.807, 2.05) is 12.1 Å². The minimum absolute atomic E-state index is 0.339. The zero-order valence-corrected chi connectivity index (χ0v) is 9.24. The molecule has 4 nitrogen and oxygen atoms in total. The summed E-state index contributed by atoms with van der Waals surface area (Å²) < 4.78 is 10.1. The Hall–Kier alpha value is -1.97. The summed E-state index contributed by atoms with van der Waals surface area (Å²) in [6, 6.07) is 5.44. The van der Waals surface area contributed by atoms with Gasteiger partial charge in [-0.15, -0.1) is 0 Å². The molecule has 0 spiro atoms. The Morgan fingerprint density at radius 1 is 1.44 bits per heavy atom. The Bertz CT molecular complexity index is 516. The molecule has 0 saturated heterocycles. The SMILES string of the molecule is CCOC(=O)c1cc(OC)cc2cc[nH]c12. The second-order valence-corrected chi connectivity index (χ2v) is 3.34. The summed E-state index contributed by atoms with van der Waals surface area (Å²) in [7, 11) is 1.57. The molecular formula is C12H13NO3. The molecule has 16 heavy (non-hydrogen) atoms. The van der Waals surface area contributed by atoms with Crippen LogP contribution in [-0.2, 0) is 4.74 Å². The van der Waals surface area contributed by atoms with Crippen molar-refractivity contribution in [1.29, 1.82) is 0 Å². The fourth-order valence-corrected chi connectivity index (χ4v) is 1.63. The Kier molecular flexibility index (Phi) is 2.81. The topological polar surface area (TPSA) is 51.3 Å². The zero-order chi connectivity index (χ0) is 11.5. The third kappa shape index (κ3) is 1.74. The smallest absolute Gasteiger partial charge is 0.340 e. The zero-order valence-electron chi connectivity index (χ0n) is 9.24. The van der Waals surface area contributed by atoms with E-state index < -0.39 is 0 Å². The molecule has 1 heterocycles. The van der Waals surface area contributed by atoms with Crippen molar-refractivity contribution in [1.82, 2.24) is 4.98 Å². The van der Waals surface area contributed by atoms with Crippen molar-refractivity contribution in [3.05, 3.63) is 30.0 Å². The summed E-state index contributed by atoms with van der Waals surface area (Å²) in [5.74, 6) is 0.309. The van der Waals surface area contributed by atoms with Crippen LogP contribution in [0.25, 0.3) is 10.9 Å². The minimum atomic E-state index is -0.339. The highest BCUT2D eigenvalue weighted by Crippen LogP contribution is 2.24. The fraction of sp³-hybridized carbons (Fsp3) is 0.250. The van der Waals surface area contributed by atoms with Crippen LogP contribution >= 0.6 is 0 Å². The molecule has 1 aromatic heterocycles. The molecule has 0 aliphatic carbocycles. The third-order valence-corrected chi connectivity index (χ3v) is 2.36. The molecule has 4 heteroatoms. The predicted molar refractivity (Wildman–Crippen MR) is 60.8 cm³/mol. The standard InChI is InChI=1S/C12H13NO3/c1-3-16-12(14)10-7-9(15-2)6-8-4-5-13-11(8)10/h4-7,13H,3H2,1-2H3. The van der Waals surface area contributed by atoms with E-state index in [-0.39, 0.29) is 5.97 Å². The number of carbonyl (C=O) groups is 1. The van der Waals surface area contributed by atoms with Crippen LogP contribution in [-0.4, -0.2) is 24.7 Å². The van der Waals surface area contributed by atoms with E-state index in [0.717, 1.165) is 10.9 Å². The number of hydrogen-bond donors (Lipinski definition) is 1. The summed E-state index contributed by atoms with van der Waals surface area (Å²) in [4.78, 5) is 14.7. The number of benzene rings is 1. The summed E-state index contributed by atoms with van der Waals surface area (Å²) in [5.41, 5.74) is 1.28. The molecule has 1 N–H and O–H groups in total. The van der Waals surface area contributed by atoms with Crippen LogP contribution in [0.1, 0.15) is 17.3 Å². The number of fused-ring (bicyclic) bond motifs is 1. The van der Waals surface area contributed by atoms with Crippen LogP contribution < -0.4 is 4.74 Å². The molecule has 0 fully saturated rings. The summed E-state index contributed by atoms with van der Waals surface area (Å²) >= 11 is 0. The number of carbonyl (C=O) groups excluding carboxylic acids is 1. The van der Waals surface area contributed by atoms with Crippen molar-refractivity contribution >= 4 is 16.9 Å². The Morgan fingerprint density at radius 2 is 2.25 bits per heavy atom. The maximum atomic E-state index is 11.7. The van der Waals surface area contributed by atoms with Gasteiger partial charge in [0.15, 0.2) is 0 Å². The van der Waals surface area contributed by atoms with Crippen molar-refractivity contribution in [3.63, 3.8) is 0 Å². The van der Waals surface area contributed by atoms with Crippen LogP contribution in [0, 0.1) is 0 Å². The highest BCUT2D eigenvalue weighted by Gasteiger charge is 2.13. The normalized spacial score (nSPS) is 10.4. The largest absolute Gasteiger partial charge is 0.497 e. The van der Waals surface area contributed by atoms with Crippen molar-refractivity contribution < 1.29 is 14.3 Å². The quantitative estimate of drug-likeness (QED) is 0.806. The molecule has 1 aromatic carbocycles. The van der Waals surface area contributed by atoms with Crippen molar-refractivity contribution in [2.24, 2.45) is 0 Å². The van der Waals surface area contributed by atoms with Gasteiger partial charge >= 0.3 is 5.97 Å². The van der Waals surface area contributed by atoms with Gasteiger partial charge in [-0.25, -0.2) is 4.79 Å². The number of hydrogen-bond acceptors (Lipinski definition) is 3. The molecule has 2 aromatic rings. The van der Waals surface area contributed by atoms with E-state index in [0.29, 0.717) is 17.9 Å². The molecule has 84 valence electrons. The van der Waals surface area contributed by atoms with Gasteiger partial charge in [-0.3, -0.25) is 0 Å². The number of rotatable bonds is 3. The Balaban J connectivity index is 2.56. The van der Waals surface area contributed by atoms with Gasteiger partial charge in [-0.05, 0) is 25.1 Å². The van der Waals surface area contributed by atoms with E-state index in [9.17, 15) is 4.79 Å². The lowest BCUT2D eigenvalue weighted by Crippen LogP contribution is -2.05. The second kappa shape index (κ2) is 4.26. The van der Waals surface area contributed by atoms with Gasteiger partial charge in [0.05, 0.1) is 24.8 Å². The van der Waals surface area contributed by atoms with Gasteiger partial charge < -0.3 is 14.5 Å². The van der Waals surface area contributed by atoms with Crippen molar-refractivity contribution in [3.8, 4) is 5.75 Å². The second-order valence-electron chi connectivity index (χ2n) is 3.34. The summed E-state index contributed by atoms with van der Waals surface area (Å²) in [6.45, 7) is 2.14. The van der Waals surface area contributed by atoms with Gasteiger partial charge in [0.1, 0.15) is 5.75 Å². The first-order valence-electron chi connectivity index (χ1n) is 5.08. The molecule has 0 aliphatic rings. The summed E-state index contributed by atoms with van der Waals surface area (Å²) in [5, 5.41) is 0.933. The third-order valence-electron chi connectivity index (χ3n) is 2.36. The van der Waals surface area contributed by atoms with E-state index in [2.05, 4.69) is 4.98 Å². The maximum absolute atomic E-state index is 11.7. The lowest BCUT2D eigenvalue weighted by Gasteiger charge is -2.06. The number of aromatic amines is 1. The van der Waals surface area contributed by atoms with E-state index in [1.165, 1.54) is 0 Å². The van der Waals surface area contributed by atoms with Crippen LogP contribution in [0.15, 0.2) is 24.4 Å². The summed E-state index contributed by atoms with van der Waals surface area (Å²) in [6.07, 6.45) is 1.78. The first kappa shape index (κ1) is 10.5. The molecular weight excluding hydrogens is 206 g/mol. The average Bonchev–Trinajstić information content (AvgIpc) is 2.75. The van der Waals surface area contributed by atoms with E-state index in [1.54, 1.807) is 26.3 Å². The van der Waals surface area contributed by atoms with Gasteiger partial charge in [0.25, 0.3) is 0 Å². The number of nitrogens with one attached hydrogen (secondary N) is 1. The molecule has 0 amide bonds. The maximum Gasteiger partial charge on any atom is 0.340 e. The number of methoxy groups -OCH3 is 1. The molecule has 0 radical (unpaired) electrons. The molecule has 2 rings (SSSR count). The number of ether oxygens (including phenoxy) is 2. The minimum Gasteiger partial charge on any atom is -0.497 e. The van der Waals surface area contributed by atoms with Gasteiger partial charge in [-0.1, -0.05) is 0 Å². The Labute approximate surface area is 93.2 Å². The van der Waals surface area contributed by atoms with Gasteiger partial charge in [0.2, 0.25) is 0 Å². The molecule has 0 atom stereocenters. The lowest BCUT2D eigenvalue weighted by atomic mass is 10.1. The highest BCUT2D eigenvalue weighted by molar-refractivity contribution is 6.03. The highest BCUT2D eigenvalue weighted by atomic mass is 16.5. The van der Waals surface area contributed by atoms with Crippen LogP contribution in [0.4, 0.5) is 0 Å². The average molecular weight is 219 g/mol. The fourth-order valence-electron chi connectivity index (χ4n) is 1.63. The monoisotopic (exact) mass is 219 g/mol. The molecule has 0 bridgehead atoms. The van der Waals surface area contributed by atoms with Crippen LogP contribution in [0.2, 0.25) is 0 Å². The lowest BCUT2D eigenvalue weighted by molar-refractivity contribution is 0.0528. The number of aromatic nitrogens is 1. The number of esters is 1. The van der Waals surface area contributed by atoms with Crippen LogP contribution in [0.5, 0.6) is 5.75 Å². The first-order valence-corrected chi connectivity index (χ1v) is 5.08.